The Bertz CT molecular complexity index is 347. The maximum Gasteiger partial charge on any atom is 0.177 e. The molecule has 0 aliphatic heterocycles. The Labute approximate surface area is 97.8 Å². The summed E-state index contributed by atoms with van der Waals surface area (Å²) in [6.45, 7) is 8.92. The van der Waals surface area contributed by atoms with Crippen LogP contribution in [0.1, 0.15) is 18.9 Å². The van der Waals surface area contributed by atoms with Gasteiger partial charge in [0.15, 0.2) is 5.78 Å². The van der Waals surface area contributed by atoms with E-state index in [-0.39, 0.29) is 5.78 Å². The lowest BCUT2D eigenvalue weighted by Gasteiger charge is -1.85. The second kappa shape index (κ2) is 9.66. The van der Waals surface area contributed by atoms with E-state index in [4.69, 9.17) is 0 Å². The largest absolute Gasteiger partial charge is 0.290 e. The zero-order chi connectivity index (χ0) is 12.2. The zero-order valence-corrected chi connectivity index (χ0v) is 9.73. The highest BCUT2D eigenvalue weighted by Crippen LogP contribution is 1.97. The van der Waals surface area contributed by atoms with Crippen LogP contribution < -0.4 is 0 Å². The molecule has 1 rings (SSSR count). The summed E-state index contributed by atoms with van der Waals surface area (Å²) in [4.78, 5) is 10.4. The minimum absolute atomic E-state index is 0.0214. The number of hydrogen-bond donors (Lipinski definition) is 0. The van der Waals surface area contributed by atoms with Crippen molar-refractivity contribution in [2.24, 2.45) is 0 Å². The van der Waals surface area contributed by atoms with Gasteiger partial charge < -0.3 is 0 Å². The lowest BCUT2D eigenvalue weighted by molar-refractivity contribution is -0.110. The van der Waals surface area contributed by atoms with Gasteiger partial charge in [-0.3, -0.25) is 4.79 Å². The lowest BCUT2D eigenvalue weighted by Crippen LogP contribution is -1.80. The summed E-state index contributed by atoms with van der Waals surface area (Å²) in [6, 6.07) is 10.0. The predicted molar refractivity (Wildman–Crippen MR) is 71.2 cm³/mol. The van der Waals surface area contributed by atoms with Crippen LogP contribution in [0.15, 0.2) is 61.7 Å². The first kappa shape index (κ1) is 14.1. The molecule has 0 unspecified atom stereocenters. The Hall–Kier alpha value is -1.89. The maximum absolute atomic E-state index is 10.4. The first-order valence-electron chi connectivity index (χ1n) is 5.25. The Morgan fingerprint density at radius 3 is 2.25 bits per heavy atom. The normalized spacial score (nSPS) is 9.06. The molecular weight excluding hydrogens is 196 g/mol. The monoisotopic (exact) mass is 214 g/mol. The third-order valence-corrected chi connectivity index (χ3v) is 1.75. The van der Waals surface area contributed by atoms with Crippen molar-refractivity contribution in [1.82, 2.24) is 0 Å². The van der Waals surface area contributed by atoms with Crippen LogP contribution in [0.3, 0.4) is 0 Å². The molecule has 0 aliphatic rings. The van der Waals surface area contributed by atoms with E-state index in [1.165, 1.54) is 17.7 Å². The summed E-state index contributed by atoms with van der Waals surface area (Å²) in [5.74, 6) is -0.0214. The quantitative estimate of drug-likeness (QED) is 0.691. The number of rotatable bonds is 4. The van der Waals surface area contributed by atoms with Crippen LogP contribution >= 0.6 is 0 Å². The van der Waals surface area contributed by atoms with E-state index in [0.29, 0.717) is 0 Å². The molecule has 0 saturated carbocycles. The Morgan fingerprint density at radius 2 is 1.88 bits per heavy atom. The van der Waals surface area contributed by atoms with E-state index < -0.39 is 0 Å². The predicted octanol–water partition coefficient (Wildman–Crippen LogP) is 4.04. The number of carbonyl (C=O) groups excluding carboxylic acids is 1. The molecule has 1 nitrogen and oxygen atoms in total. The average molecular weight is 214 g/mol. The molecule has 0 saturated heterocycles. The minimum Gasteiger partial charge on any atom is -0.290 e. The second-order valence-corrected chi connectivity index (χ2v) is 3.03. The van der Waals surface area contributed by atoms with Gasteiger partial charge in [-0.1, -0.05) is 62.6 Å². The van der Waals surface area contributed by atoms with Crippen LogP contribution in [0, 0.1) is 0 Å². The molecular formula is C15H18O. The fourth-order valence-electron chi connectivity index (χ4n) is 0.891. The highest BCUT2D eigenvalue weighted by molar-refractivity contribution is 5.98. The maximum atomic E-state index is 10.4. The van der Waals surface area contributed by atoms with Crippen LogP contribution in [-0.4, -0.2) is 5.78 Å². The van der Waals surface area contributed by atoms with Gasteiger partial charge in [-0.25, -0.2) is 0 Å². The van der Waals surface area contributed by atoms with Gasteiger partial charge in [0.2, 0.25) is 0 Å². The molecule has 0 amide bonds. The number of benzene rings is 1. The molecule has 0 spiro atoms. The molecule has 84 valence electrons. The average Bonchev–Trinajstić information content (AvgIpc) is 2.37. The number of hydrogen-bond acceptors (Lipinski definition) is 1. The highest BCUT2D eigenvalue weighted by Gasteiger charge is 1.80. The van der Waals surface area contributed by atoms with E-state index in [1.807, 2.05) is 49.4 Å². The standard InChI is InChI=1S/C8H8.C7H10O/c1-2-8-6-4-3-5-7-8;1-3-5-6-7(8)4-2/h2-7H,1H2;4-6H,2-3H2,1H3. The molecule has 1 aromatic rings. The van der Waals surface area contributed by atoms with Crippen LogP contribution in [0.4, 0.5) is 0 Å². The fourth-order valence-corrected chi connectivity index (χ4v) is 0.891. The van der Waals surface area contributed by atoms with Crippen molar-refractivity contribution in [2.45, 2.75) is 13.3 Å². The van der Waals surface area contributed by atoms with Crippen molar-refractivity contribution < 1.29 is 4.79 Å². The van der Waals surface area contributed by atoms with Crippen LogP contribution in [0.5, 0.6) is 0 Å². The van der Waals surface area contributed by atoms with Crippen molar-refractivity contribution in [3.8, 4) is 0 Å². The van der Waals surface area contributed by atoms with Gasteiger partial charge in [-0.15, -0.1) is 0 Å². The summed E-state index contributed by atoms with van der Waals surface area (Å²) in [6.07, 6.45) is 7.36. The van der Waals surface area contributed by atoms with Crippen molar-refractivity contribution in [3.63, 3.8) is 0 Å². The molecule has 0 aliphatic carbocycles. The lowest BCUT2D eigenvalue weighted by atomic mass is 10.2. The van der Waals surface area contributed by atoms with Gasteiger partial charge >= 0.3 is 0 Å². The molecule has 0 aromatic heterocycles. The molecule has 0 heterocycles. The summed E-state index contributed by atoms with van der Waals surface area (Å²) in [7, 11) is 0. The fraction of sp³-hybridized carbons (Fsp3) is 0.133. The van der Waals surface area contributed by atoms with Crippen molar-refractivity contribution in [3.05, 3.63) is 67.3 Å². The summed E-state index contributed by atoms with van der Waals surface area (Å²) in [5.41, 5.74) is 1.17. The first-order valence-corrected chi connectivity index (χ1v) is 5.25. The van der Waals surface area contributed by atoms with E-state index in [1.54, 1.807) is 0 Å². The molecule has 16 heavy (non-hydrogen) atoms. The molecule has 1 heteroatoms. The van der Waals surface area contributed by atoms with Crippen molar-refractivity contribution in [1.29, 1.82) is 0 Å². The summed E-state index contributed by atoms with van der Waals surface area (Å²) >= 11 is 0. The van der Waals surface area contributed by atoms with Gasteiger partial charge in [0.05, 0.1) is 0 Å². The highest BCUT2D eigenvalue weighted by atomic mass is 16.1. The van der Waals surface area contributed by atoms with E-state index in [0.717, 1.165) is 6.42 Å². The van der Waals surface area contributed by atoms with Gasteiger partial charge in [0, 0.05) is 0 Å². The SMILES string of the molecule is C=CC(=O)C=CCC.C=Cc1ccccc1. The zero-order valence-electron chi connectivity index (χ0n) is 9.73. The Kier molecular flexibility index (Phi) is 8.52. The molecule has 0 atom stereocenters. The Balaban J connectivity index is 0.000000281. The van der Waals surface area contributed by atoms with E-state index in [9.17, 15) is 4.79 Å². The molecule has 0 fully saturated rings. The van der Waals surface area contributed by atoms with Gasteiger partial charge in [0.25, 0.3) is 0 Å². The minimum atomic E-state index is -0.0214. The van der Waals surface area contributed by atoms with Crippen LogP contribution in [0.25, 0.3) is 6.08 Å². The Morgan fingerprint density at radius 1 is 1.25 bits per heavy atom. The third kappa shape index (κ3) is 7.51. The van der Waals surface area contributed by atoms with E-state index in [2.05, 4.69) is 13.2 Å². The molecule has 0 bridgehead atoms. The number of ketones is 1. The number of allylic oxidation sites excluding steroid dienone is 3. The summed E-state index contributed by atoms with van der Waals surface area (Å²) in [5, 5.41) is 0. The smallest absolute Gasteiger partial charge is 0.177 e. The van der Waals surface area contributed by atoms with E-state index >= 15 is 0 Å². The second-order valence-electron chi connectivity index (χ2n) is 3.03. The van der Waals surface area contributed by atoms with Gasteiger partial charge in [0.1, 0.15) is 0 Å². The molecule has 1 aromatic carbocycles. The van der Waals surface area contributed by atoms with Crippen molar-refractivity contribution in [2.75, 3.05) is 0 Å². The third-order valence-electron chi connectivity index (χ3n) is 1.75. The van der Waals surface area contributed by atoms with Crippen LogP contribution in [0.2, 0.25) is 0 Å². The molecule has 0 N–H and O–H groups in total. The first-order chi connectivity index (χ1) is 7.74. The summed E-state index contributed by atoms with van der Waals surface area (Å²) < 4.78 is 0. The van der Waals surface area contributed by atoms with Crippen molar-refractivity contribution >= 4 is 11.9 Å². The van der Waals surface area contributed by atoms with Crippen LogP contribution in [-0.2, 0) is 4.79 Å². The molecule has 0 radical (unpaired) electrons. The van der Waals surface area contributed by atoms with Gasteiger partial charge in [-0.05, 0) is 24.1 Å². The topological polar surface area (TPSA) is 17.1 Å². The van der Waals surface area contributed by atoms with Gasteiger partial charge in [-0.2, -0.15) is 0 Å². The number of carbonyl (C=O) groups is 1.